The summed E-state index contributed by atoms with van der Waals surface area (Å²) in [7, 11) is 0. The summed E-state index contributed by atoms with van der Waals surface area (Å²) in [5.74, 6) is 0. The van der Waals surface area contributed by atoms with Crippen molar-refractivity contribution in [2.24, 2.45) is 0 Å². The lowest BCUT2D eigenvalue weighted by Gasteiger charge is -1.98. The van der Waals surface area contributed by atoms with E-state index in [2.05, 4.69) is 27.8 Å². The van der Waals surface area contributed by atoms with Crippen LogP contribution in [0.15, 0.2) is 34.3 Å². The first-order valence-electron chi connectivity index (χ1n) is 4.62. The molecule has 3 rings (SSSR count). The maximum Gasteiger partial charge on any atom is 0.144 e. The number of aromatic nitrogens is 2. The topological polar surface area (TPSA) is 38.9 Å². The zero-order valence-corrected chi connectivity index (χ0v) is 8.91. The average molecular weight is 216 g/mol. The number of hydrogen-bond acceptors (Lipinski definition) is 4. The Kier molecular flexibility index (Phi) is 1.82. The van der Waals surface area contributed by atoms with Gasteiger partial charge in [-0.3, -0.25) is 0 Å². The molecule has 1 aromatic carbocycles. The predicted molar refractivity (Wildman–Crippen MR) is 59.9 cm³/mol. The number of hydrogen-bond donors (Lipinski definition) is 0. The smallest absolute Gasteiger partial charge is 0.144 e. The molecule has 15 heavy (non-hydrogen) atoms. The van der Waals surface area contributed by atoms with E-state index in [0.29, 0.717) is 0 Å². The van der Waals surface area contributed by atoms with Gasteiger partial charge in [0.2, 0.25) is 0 Å². The molecule has 0 atom stereocenters. The molecular weight excluding hydrogens is 208 g/mol. The Balaban J connectivity index is 2.37. The maximum atomic E-state index is 4.79. The largest absolute Gasteiger partial charge is 0.243 e. The van der Waals surface area contributed by atoms with Gasteiger partial charge in [-0.15, -0.1) is 11.3 Å². The Bertz CT molecular complexity index is 598. The molecule has 74 valence electrons. The van der Waals surface area contributed by atoms with E-state index >= 15 is 0 Å². The molecule has 4 heteroatoms. The molecule has 0 aliphatic rings. The number of nitrogens with zero attached hydrogens (tertiary/aromatic N) is 2. The fraction of sp³-hybridized carbons (Fsp3) is 0.0909. The van der Waals surface area contributed by atoms with Gasteiger partial charge in [0.25, 0.3) is 0 Å². The first-order chi connectivity index (χ1) is 7.36. The minimum Gasteiger partial charge on any atom is -0.243 e. The van der Waals surface area contributed by atoms with Crippen LogP contribution >= 0.6 is 11.3 Å². The van der Waals surface area contributed by atoms with E-state index in [1.807, 2.05) is 19.1 Å². The molecule has 0 unspecified atom stereocenters. The first kappa shape index (κ1) is 8.61. The normalized spacial score (nSPS) is 11.0. The number of rotatable bonds is 1. The molecule has 0 N–H and O–H groups in total. The van der Waals surface area contributed by atoms with Crippen molar-refractivity contribution in [3.63, 3.8) is 0 Å². The van der Waals surface area contributed by atoms with Crippen LogP contribution < -0.4 is 0 Å². The Morgan fingerprint density at radius 2 is 2.00 bits per heavy atom. The van der Waals surface area contributed by atoms with Crippen LogP contribution in [0.25, 0.3) is 21.5 Å². The van der Waals surface area contributed by atoms with E-state index in [1.165, 1.54) is 4.88 Å². The molecule has 0 bridgehead atoms. The van der Waals surface area contributed by atoms with Gasteiger partial charge in [-0.1, -0.05) is 18.2 Å². The number of thiophene rings is 1. The van der Waals surface area contributed by atoms with Gasteiger partial charge in [0.1, 0.15) is 11.0 Å². The third kappa shape index (κ3) is 1.26. The molecule has 0 saturated carbocycles. The third-order valence-corrected chi connectivity index (χ3v) is 3.31. The fourth-order valence-electron chi connectivity index (χ4n) is 1.62. The van der Waals surface area contributed by atoms with Crippen molar-refractivity contribution in [1.82, 2.24) is 10.3 Å². The lowest BCUT2D eigenvalue weighted by atomic mass is 10.1. The second kappa shape index (κ2) is 3.17. The summed E-state index contributed by atoms with van der Waals surface area (Å²) >= 11 is 1.69. The van der Waals surface area contributed by atoms with Crippen molar-refractivity contribution in [3.8, 4) is 10.4 Å². The molecule has 0 aliphatic heterocycles. The van der Waals surface area contributed by atoms with Gasteiger partial charge in [-0.05, 0) is 34.2 Å². The van der Waals surface area contributed by atoms with Crippen molar-refractivity contribution in [3.05, 3.63) is 35.2 Å². The Morgan fingerprint density at radius 1 is 1.13 bits per heavy atom. The maximum absolute atomic E-state index is 4.79. The molecule has 0 saturated heterocycles. The molecule has 0 amide bonds. The molecule has 0 aliphatic carbocycles. The van der Waals surface area contributed by atoms with Crippen LogP contribution in [0.3, 0.4) is 0 Å². The fourth-order valence-corrected chi connectivity index (χ4v) is 2.37. The summed E-state index contributed by atoms with van der Waals surface area (Å²) in [4.78, 5) is 1.19. The highest BCUT2D eigenvalue weighted by atomic mass is 32.1. The minimum atomic E-state index is 0.845. The summed E-state index contributed by atoms with van der Waals surface area (Å²) in [6.45, 7) is 2.00. The second-order valence-corrected chi connectivity index (χ2v) is 4.32. The number of fused-ring (bicyclic) bond motifs is 1. The highest BCUT2D eigenvalue weighted by molar-refractivity contribution is 7.13. The van der Waals surface area contributed by atoms with Crippen molar-refractivity contribution in [2.75, 3.05) is 0 Å². The highest BCUT2D eigenvalue weighted by Gasteiger charge is 2.11. The molecule has 3 nitrogen and oxygen atoms in total. The molecule has 2 aromatic heterocycles. The van der Waals surface area contributed by atoms with Crippen LogP contribution in [0.5, 0.6) is 0 Å². The molecule has 0 spiro atoms. The molecular formula is C11H8N2OS. The van der Waals surface area contributed by atoms with Crippen LogP contribution in [0.4, 0.5) is 0 Å². The van der Waals surface area contributed by atoms with Crippen molar-refractivity contribution in [2.45, 2.75) is 6.92 Å². The van der Waals surface area contributed by atoms with Gasteiger partial charge in [0.05, 0.1) is 0 Å². The van der Waals surface area contributed by atoms with Gasteiger partial charge >= 0.3 is 0 Å². The minimum absolute atomic E-state index is 0.845. The van der Waals surface area contributed by atoms with E-state index in [1.54, 1.807) is 11.3 Å². The third-order valence-electron chi connectivity index (χ3n) is 2.40. The standard InChI is InChI=1S/C11H8N2OS/c1-7-4-5-8(9-3-2-6-15-9)11-10(7)12-14-13-11/h2-6H,1H3. The Morgan fingerprint density at radius 3 is 2.80 bits per heavy atom. The molecule has 2 heterocycles. The lowest BCUT2D eigenvalue weighted by molar-refractivity contribution is 0.315. The average Bonchev–Trinajstić information content (AvgIpc) is 2.88. The molecule has 0 radical (unpaired) electrons. The van der Waals surface area contributed by atoms with Crippen LogP contribution in [-0.4, -0.2) is 10.3 Å². The van der Waals surface area contributed by atoms with E-state index in [-0.39, 0.29) is 0 Å². The van der Waals surface area contributed by atoms with Crippen LogP contribution in [0, 0.1) is 6.92 Å². The van der Waals surface area contributed by atoms with Crippen LogP contribution in [0.1, 0.15) is 5.56 Å². The van der Waals surface area contributed by atoms with Crippen molar-refractivity contribution in [1.29, 1.82) is 0 Å². The Hall–Kier alpha value is -1.68. The van der Waals surface area contributed by atoms with E-state index in [9.17, 15) is 0 Å². The molecule has 3 aromatic rings. The van der Waals surface area contributed by atoms with Crippen LogP contribution in [0.2, 0.25) is 0 Å². The SMILES string of the molecule is Cc1ccc(-c2cccs2)c2nonc12. The zero-order valence-electron chi connectivity index (χ0n) is 8.10. The summed E-state index contributed by atoms with van der Waals surface area (Å²) in [5, 5.41) is 9.91. The lowest BCUT2D eigenvalue weighted by Crippen LogP contribution is -1.80. The first-order valence-corrected chi connectivity index (χ1v) is 5.50. The van der Waals surface area contributed by atoms with Crippen LogP contribution in [-0.2, 0) is 0 Å². The van der Waals surface area contributed by atoms with E-state index < -0.39 is 0 Å². The summed E-state index contributed by atoms with van der Waals surface area (Å²) in [6.07, 6.45) is 0. The van der Waals surface area contributed by atoms with Crippen molar-refractivity contribution >= 4 is 22.4 Å². The number of aryl methyl sites for hydroxylation is 1. The van der Waals surface area contributed by atoms with Gasteiger partial charge < -0.3 is 0 Å². The quantitative estimate of drug-likeness (QED) is 0.626. The van der Waals surface area contributed by atoms with Gasteiger partial charge in [0, 0.05) is 10.4 Å². The summed E-state index contributed by atoms with van der Waals surface area (Å²) in [6, 6.07) is 8.21. The second-order valence-electron chi connectivity index (χ2n) is 3.37. The monoisotopic (exact) mass is 216 g/mol. The predicted octanol–water partition coefficient (Wildman–Crippen LogP) is 3.26. The molecule has 0 fully saturated rings. The van der Waals surface area contributed by atoms with Gasteiger partial charge in [-0.2, -0.15) is 0 Å². The highest BCUT2D eigenvalue weighted by Crippen LogP contribution is 2.31. The van der Waals surface area contributed by atoms with Gasteiger partial charge in [-0.25, -0.2) is 4.63 Å². The zero-order chi connectivity index (χ0) is 10.3. The van der Waals surface area contributed by atoms with E-state index in [4.69, 9.17) is 4.63 Å². The summed E-state index contributed by atoms with van der Waals surface area (Å²) in [5.41, 5.74) is 3.87. The summed E-state index contributed by atoms with van der Waals surface area (Å²) < 4.78 is 4.79. The Labute approximate surface area is 90.3 Å². The number of benzene rings is 1. The van der Waals surface area contributed by atoms with E-state index in [0.717, 1.165) is 22.2 Å². The van der Waals surface area contributed by atoms with Crippen molar-refractivity contribution < 1.29 is 4.63 Å². The van der Waals surface area contributed by atoms with Gasteiger partial charge in [0.15, 0.2) is 0 Å².